The molecule has 2 unspecified atom stereocenters. The monoisotopic (exact) mass is 417 g/mol. The van der Waals surface area contributed by atoms with E-state index in [0.717, 1.165) is 34.5 Å². The summed E-state index contributed by atoms with van der Waals surface area (Å²) in [5.74, 6) is -0.675. The second-order valence-electron chi connectivity index (χ2n) is 7.48. The first-order valence-corrected chi connectivity index (χ1v) is 10.9. The van der Waals surface area contributed by atoms with Crippen molar-refractivity contribution in [2.75, 3.05) is 6.61 Å². The number of amides is 3. The Morgan fingerprint density at radius 1 is 1.21 bits per heavy atom. The fourth-order valence-electron chi connectivity index (χ4n) is 3.53. The largest absolute Gasteiger partial charge is 0.456 e. The molecule has 1 saturated carbocycles. The minimum atomic E-state index is -0.620. The fourth-order valence-corrected chi connectivity index (χ4v) is 4.54. The Hall–Kier alpha value is -2.48. The van der Waals surface area contributed by atoms with Gasteiger partial charge >= 0.3 is 12.0 Å². The lowest BCUT2D eigenvalue weighted by molar-refractivity contribution is -0.148. The van der Waals surface area contributed by atoms with Crippen LogP contribution in [-0.4, -0.2) is 35.5 Å². The molecule has 29 heavy (non-hydrogen) atoms. The fraction of sp³-hybridized carbons (Fsp3) is 0.524. The summed E-state index contributed by atoms with van der Waals surface area (Å²) in [6.45, 7) is 1.65. The molecule has 7 nitrogen and oxygen atoms in total. The Morgan fingerprint density at radius 3 is 2.79 bits per heavy atom. The van der Waals surface area contributed by atoms with Crippen LogP contribution in [0.4, 0.5) is 4.79 Å². The van der Waals surface area contributed by atoms with Crippen LogP contribution in [0.5, 0.6) is 0 Å². The summed E-state index contributed by atoms with van der Waals surface area (Å²) in [6.07, 6.45) is 5.74. The standard InChI is InChI=1S/C21H27N3O4S/c1-14-7-2-3-8-15(14)23-21(27)24-18(25)13-28-20(26)12-6-11-19-22-16-9-4-5-10-17(16)29-19/h4-5,9-10,14-15H,2-3,6-8,11-13H2,1H3,(H2,23,24,25,27). The topological polar surface area (TPSA) is 97.4 Å². The maximum atomic E-state index is 11.9. The van der Waals surface area contributed by atoms with Crippen LogP contribution >= 0.6 is 11.3 Å². The summed E-state index contributed by atoms with van der Waals surface area (Å²) < 4.78 is 6.09. The van der Waals surface area contributed by atoms with Crippen LogP contribution in [0.3, 0.4) is 0 Å². The Bertz CT molecular complexity index is 833. The number of hydrogen-bond donors (Lipinski definition) is 2. The summed E-state index contributed by atoms with van der Waals surface area (Å²) in [6, 6.07) is 7.47. The lowest BCUT2D eigenvalue weighted by atomic mass is 9.86. The van der Waals surface area contributed by atoms with Gasteiger partial charge in [-0.1, -0.05) is 31.9 Å². The van der Waals surface area contributed by atoms with Crippen LogP contribution in [0, 0.1) is 5.92 Å². The normalized spacial score (nSPS) is 18.9. The summed E-state index contributed by atoms with van der Waals surface area (Å²) in [5.41, 5.74) is 0.965. The molecule has 2 atom stereocenters. The molecule has 0 saturated heterocycles. The van der Waals surface area contributed by atoms with Gasteiger partial charge in [0.15, 0.2) is 6.61 Å². The summed E-state index contributed by atoms with van der Waals surface area (Å²) >= 11 is 1.62. The molecular weight excluding hydrogens is 390 g/mol. The zero-order valence-electron chi connectivity index (χ0n) is 16.6. The Balaban J connectivity index is 1.31. The van der Waals surface area contributed by atoms with E-state index in [4.69, 9.17) is 4.74 Å². The Kier molecular flexibility index (Phi) is 7.57. The van der Waals surface area contributed by atoms with Crippen molar-refractivity contribution in [2.24, 2.45) is 5.92 Å². The van der Waals surface area contributed by atoms with Gasteiger partial charge in [-0.3, -0.25) is 14.9 Å². The van der Waals surface area contributed by atoms with Crippen LogP contribution in [0.1, 0.15) is 50.5 Å². The first kappa shape index (κ1) is 21.2. The quantitative estimate of drug-likeness (QED) is 0.671. The number of ether oxygens (including phenoxy) is 1. The molecule has 1 aliphatic carbocycles. The SMILES string of the molecule is CC1CCCCC1NC(=O)NC(=O)COC(=O)CCCc1nc2ccccc2s1. The van der Waals surface area contributed by atoms with Crippen molar-refractivity contribution in [3.05, 3.63) is 29.3 Å². The van der Waals surface area contributed by atoms with Crippen LogP contribution in [-0.2, 0) is 20.7 Å². The molecule has 0 aliphatic heterocycles. The van der Waals surface area contributed by atoms with E-state index in [0.29, 0.717) is 18.8 Å². The summed E-state index contributed by atoms with van der Waals surface area (Å²) in [4.78, 5) is 40.1. The van der Waals surface area contributed by atoms with Crippen molar-refractivity contribution < 1.29 is 19.1 Å². The number of urea groups is 1. The molecule has 0 bridgehead atoms. The molecule has 0 spiro atoms. The second kappa shape index (κ2) is 10.3. The van der Waals surface area contributed by atoms with Gasteiger partial charge in [0.05, 0.1) is 15.2 Å². The number of thiazole rings is 1. The molecule has 1 aliphatic rings. The highest BCUT2D eigenvalue weighted by molar-refractivity contribution is 7.18. The molecule has 0 radical (unpaired) electrons. The number of aromatic nitrogens is 1. The maximum Gasteiger partial charge on any atom is 0.321 e. The lowest BCUT2D eigenvalue weighted by Crippen LogP contribution is -2.48. The first-order valence-electron chi connectivity index (χ1n) is 10.1. The van der Waals surface area contributed by atoms with Crippen molar-refractivity contribution in [1.29, 1.82) is 0 Å². The Morgan fingerprint density at radius 2 is 2.00 bits per heavy atom. The first-order chi connectivity index (χ1) is 14.0. The van der Waals surface area contributed by atoms with Gasteiger partial charge in [-0.05, 0) is 43.7 Å². The molecule has 8 heteroatoms. The number of rotatable bonds is 7. The smallest absolute Gasteiger partial charge is 0.321 e. The predicted octanol–water partition coefficient (Wildman–Crippen LogP) is 3.57. The van der Waals surface area contributed by atoms with Crippen LogP contribution in [0.15, 0.2) is 24.3 Å². The second-order valence-corrected chi connectivity index (χ2v) is 8.59. The third-order valence-corrected chi connectivity index (χ3v) is 6.25. The number of carbonyl (C=O) groups excluding carboxylic acids is 3. The molecule has 1 aromatic carbocycles. The highest BCUT2D eigenvalue weighted by Crippen LogP contribution is 2.24. The van der Waals surface area contributed by atoms with E-state index in [9.17, 15) is 14.4 Å². The summed E-state index contributed by atoms with van der Waals surface area (Å²) in [5, 5.41) is 6.04. The number of hydrogen-bond acceptors (Lipinski definition) is 6. The molecule has 2 aromatic rings. The van der Waals surface area contributed by atoms with Gasteiger partial charge < -0.3 is 10.1 Å². The molecule has 1 fully saturated rings. The van der Waals surface area contributed by atoms with Gasteiger partial charge in [-0.25, -0.2) is 9.78 Å². The van der Waals surface area contributed by atoms with E-state index in [1.54, 1.807) is 11.3 Å². The van der Waals surface area contributed by atoms with Gasteiger partial charge in [-0.2, -0.15) is 0 Å². The van der Waals surface area contributed by atoms with Crippen LogP contribution in [0.25, 0.3) is 10.2 Å². The zero-order chi connectivity index (χ0) is 20.6. The minimum Gasteiger partial charge on any atom is -0.456 e. The van der Waals surface area contributed by atoms with Crippen LogP contribution in [0.2, 0.25) is 0 Å². The van der Waals surface area contributed by atoms with E-state index in [1.165, 1.54) is 6.42 Å². The summed E-state index contributed by atoms with van der Waals surface area (Å²) in [7, 11) is 0. The van der Waals surface area contributed by atoms with E-state index >= 15 is 0 Å². The number of benzene rings is 1. The van der Waals surface area contributed by atoms with Crippen molar-refractivity contribution in [3.8, 4) is 0 Å². The number of aryl methyl sites for hydroxylation is 1. The highest BCUT2D eigenvalue weighted by Gasteiger charge is 2.23. The number of imide groups is 1. The zero-order valence-corrected chi connectivity index (χ0v) is 17.4. The minimum absolute atomic E-state index is 0.0848. The molecular formula is C21H27N3O4S. The van der Waals surface area contributed by atoms with Gasteiger partial charge in [0.25, 0.3) is 5.91 Å². The third kappa shape index (κ3) is 6.52. The predicted molar refractivity (Wildman–Crippen MR) is 112 cm³/mol. The number of carbonyl (C=O) groups is 3. The van der Waals surface area contributed by atoms with Crippen molar-refractivity contribution in [1.82, 2.24) is 15.6 Å². The van der Waals surface area contributed by atoms with E-state index in [1.807, 2.05) is 24.3 Å². The average Bonchev–Trinajstić information content (AvgIpc) is 3.11. The molecule has 3 rings (SSSR count). The van der Waals surface area contributed by atoms with E-state index < -0.39 is 24.5 Å². The molecule has 3 amide bonds. The number of esters is 1. The number of nitrogens with one attached hydrogen (secondary N) is 2. The van der Waals surface area contributed by atoms with Crippen molar-refractivity contribution in [3.63, 3.8) is 0 Å². The van der Waals surface area contributed by atoms with Gasteiger partial charge in [-0.15, -0.1) is 11.3 Å². The van der Waals surface area contributed by atoms with Gasteiger partial charge in [0.1, 0.15) is 0 Å². The van der Waals surface area contributed by atoms with Crippen molar-refractivity contribution >= 4 is 39.5 Å². The number of fused-ring (bicyclic) bond motifs is 1. The molecule has 1 aromatic heterocycles. The lowest BCUT2D eigenvalue weighted by Gasteiger charge is -2.29. The number of para-hydroxylation sites is 1. The maximum absolute atomic E-state index is 11.9. The van der Waals surface area contributed by atoms with Crippen LogP contribution < -0.4 is 10.6 Å². The van der Waals surface area contributed by atoms with E-state index in [2.05, 4.69) is 22.5 Å². The third-order valence-electron chi connectivity index (χ3n) is 5.15. The van der Waals surface area contributed by atoms with Gasteiger partial charge in [0.2, 0.25) is 0 Å². The molecule has 1 heterocycles. The molecule has 2 N–H and O–H groups in total. The van der Waals surface area contributed by atoms with Gasteiger partial charge in [0, 0.05) is 12.5 Å². The number of nitrogens with zero attached hydrogens (tertiary/aromatic N) is 1. The highest BCUT2D eigenvalue weighted by atomic mass is 32.1. The molecule has 156 valence electrons. The van der Waals surface area contributed by atoms with Crippen molar-refractivity contribution in [2.45, 2.75) is 57.9 Å². The Labute approximate surface area is 174 Å². The average molecular weight is 418 g/mol. The van der Waals surface area contributed by atoms with E-state index in [-0.39, 0.29) is 12.5 Å².